The van der Waals surface area contributed by atoms with Gasteiger partial charge >= 0.3 is 14.0 Å². The standard InChI is InChI=1S/C5H10BNO3S2/c6-10-4-7-1-2-11-12-3-5(8)9/h4H,1-3,6H2,(H,8,9). The maximum absolute atomic E-state index is 10.1. The first-order chi connectivity index (χ1) is 5.77. The molecule has 0 aliphatic heterocycles. The monoisotopic (exact) mass is 207 g/mol. The van der Waals surface area contributed by atoms with Crippen LogP contribution in [0.2, 0.25) is 0 Å². The second-order valence-corrected chi connectivity index (χ2v) is 4.31. The fraction of sp³-hybridized carbons (Fsp3) is 0.600. The lowest BCUT2D eigenvalue weighted by Gasteiger charge is -1.94. The number of carboxylic acids is 1. The van der Waals surface area contributed by atoms with Crippen molar-refractivity contribution in [2.45, 2.75) is 0 Å². The Bertz CT molecular complexity index is 156. The maximum Gasteiger partial charge on any atom is 0.323 e. The summed E-state index contributed by atoms with van der Waals surface area (Å²) in [5.41, 5.74) is 0. The lowest BCUT2D eigenvalue weighted by molar-refractivity contribution is -0.133. The van der Waals surface area contributed by atoms with E-state index in [0.717, 1.165) is 5.75 Å². The van der Waals surface area contributed by atoms with Crippen molar-refractivity contribution in [2.24, 2.45) is 4.99 Å². The highest BCUT2D eigenvalue weighted by Crippen LogP contribution is 2.19. The number of nitrogens with zero attached hydrogens (tertiary/aromatic N) is 1. The van der Waals surface area contributed by atoms with Crippen LogP contribution >= 0.6 is 21.6 Å². The minimum atomic E-state index is -0.784. The highest BCUT2D eigenvalue weighted by Gasteiger charge is 1.95. The summed E-state index contributed by atoms with van der Waals surface area (Å²) < 4.78 is 4.58. The molecule has 0 atom stereocenters. The second kappa shape index (κ2) is 8.80. The van der Waals surface area contributed by atoms with Crippen LogP contribution in [0.3, 0.4) is 0 Å². The first-order valence-corrected chi connectivity index (χ1v) is 5.73. The quantitative estimate of drug-likeness (QED) is 0.210. The van der Waals surface area contributed by atoms with Crippen LogP contribution in [-0.2, 0) is 9.45 Å². The van der Waals surface area contributed by atoms with Gasteiger partial charge in [0.25, 0.3) is 0 Å². The van der Waals surface area contributed by atoms with Gasteiger partial charge in [0.2, 0.25) is 0 Å². The molecule has 0 unspecified atom stereocenters. The third-order valence-corrected chi connectivity index (χ3v) is 2.98. The van der Waals surface area contributed by atoms with E-state index in [4.69, 9.17) is 5.11 Å². The Morgan fingerprint density at radius 1 is 1.67 bits per heavy atom. The number of rotatable bonds is 7. The number of carboxylic acid groups (broad SMARTS) is 1. The third kappa shape index (κ3) is 9.70. The Hall–Kier alpha value is -0.295. The molecule has 0 aromatic carbocycles. The van der Waals surface area contributed by atoms with E-state index in [1.54, 1.807) is 0 Å². The first kappa shape index (κ1) is 11.7. The van der Waals surface area contributed by atoms with Gasteiger partial charge in [0.05, 0.1) is 6.54 Å². The molecule has 0 bridgehead atoms. The molecule has 0 saturated carbocycles. The number of carbonyl (C=O) groups is 1. The summed E-state index contributed by atoms with van der Waals surface area (Å²) in [6.07, 6.45) is 1.38. The molecule has 0 rings (SSSR count). The maximum atomic E-state index is 10.1. The largest absolute Gasteiger partial charge is 0.560 e. The Labute approximate surface area is 80.0 Å². The number of hydrogen-bond acceptors (Lipinski definition) is 5. The zero-order valence-electron chi connectivity index (χ0n) is 6.73. The van der Waals surface area contributed by atoms with Crippen LogP contribution in [0, 0.1) is 0 Å². The number of aliphatic imine (C=N–C) groups is 1. The van der Waals surface area contributed by atoms with E-state index in [1.165, 1.54) is 36.0 Å². The molecule has 12 heavy (non-hydrogen) atoms. The van der Waals surface area contributed by atoms with Crippen LogP contribution in [0.25, 0.3) is 0 Å². The van der Waals surface area contributed by atoms with Crippen molar-refractivity contribution >= 4 is 42.0 Å². The van der Waals surface area contributed by atoms with Crippen molar-refractivity contribution in [3.63, 3.8) is 0 Å². The van der Waals surface area contributed by atoms with Crippen LogP contribution in [-0.4, -0.2) is 43.6 Å². The van der Waals surface area contributed by atoms with E-state index < -0.39 is 5.97 Å². The summed E-state index contributed by atoms with van der Waals surface area (Å²) in [6, 6.07) is 0. The minimum Gasteiger partial charge on any atom is -0.560 e. The fourth-order valence-corrected chi connectivity index (χ4v) is 1.98. The molecular weight excluding hydrogens is 197 g/mol. The Kier molecular flexibility index (Phi) is 8.58. The molecule has 0 aliphatic carbocycles. The predicted molar refractivity (Wildman–Crippen MR) is 55.5 cm³/mol. The molecule has 0 radical (unpaired) electrons. The summed E-state index contributed by atoms with van der Waals surface area (Å²) in [4.78, 5) is 13.9. The zero-order valence-corrected chi connectivity index (χ0v) is 8.36. The van der Waals surface area contributed by atoms with Crippen molar-refractivity contribution < 1.29 is 14.6 Å². The zero-order chi connectivity index (χ0) is 9.23. The normalized spacial score (nSPS) is 10.3. The average Bonchev–Trinajstić information content (AvgIpc) is 2.02. The summed E-state index contributed by atoms with van der Waals surface area (Å²) in [7, 11) is 4.36. The molecule has 7 heteroatoms. The van der Waals surface area contributed by atoms with E-state index in [1.807, 2.05) is 0 Å². The van der Waals surface area contributed by atoms with Gasteiger partial charge < -0.3 is 9.76 Å². The molecule has 0 saturated heterocycles. The van der Waals surface area contributed by atoms with E-state index >= 15 is 0 Å². The molecule has 0 aromatic rings. The fourth-order valence-electron chi connectivity index (χ4n) is 0.368. The van der Waals surface area contributed by atoms with Gasteiger partial charge in [-0.15, -0.1) is 0 Å². The van der Waals surface area contributed by atoms with Crippen molar-refractivity contribution in [3.05, 3.63) is 0 Å². The summed E-state index contributed by atoms with van der Waals surface area (Å²) in [5.74, 6) is 0.157. The molecule has 0 aliphatic rings. The van der Waals surface area contributed by atoms with Crippen LogP contribution in [0.4, 0.5) is 0 Å². The molecule has 0 heterocycles. The smallest absolute Gasteiger partial charge is 0.323 e. The van der Waals surface area contributed by atoms with Gasteiger partial charge in [0.1, 0.15) is 5.75 Å². The topological polar surface area (TPSA) is 58.9 Å². The molecule has 4 nitrogen and oxygen atoms in total. The SMILES string of the molecule is BOC=NCCSSCC(=O)O. The molecular formula is C5H10BNO3S2. The van der Waals surface area contributed by atoms with Gasteiger partial charge in [-0.25, -0.2) is 0 Å². The highest BCUT2D eigenvalue weighted by atomic mass is 33.1. The minimum absolute atomic E-state index is 0.138. The van der Waals surface area contributed by atoms with Gasteiger partial charge in [0, 0.05) is 5.75 Å². The van der Waals surface area contributed by atoms with Gasteiger partial charge in [-0.1, -0.05) is 21.6 Å². The van der Waals surface area contributed by atoms with Crippen LogP contribution in [0.5, 0.6) is 0 Å². The predicted octanol–water partition coefficient (Wildman–Crippen LogP) is 0.0454. The molecule has 1 N–H and O–H groups in total. The van der Waals surface area contributed by atoms with E-state index in [2.05, 4.69) is 9.65 Å². The molecule has 0 amide bonds. The Balaban J connectivity index is 3.00. The lowest BCUT2D eigenvalue weighted by atomic mass is 10.6. The molecule has 0 fully saturated rings. The third-order valence-electron chi connectivity index (χ3n) is 0.749. The molecule has 0 aromatic heterocycles. The molecule has 68 valence electrons. The highest BCUT2D eigenvalue weighted by molar-refractivity contribution is 8.76. The van der Waals surface area contributed by atoms with Gasteiger partial charge in [-0.2, -0.15) is 0 Å². The van der Waals surface area contributed by atoms with Crippen molar-refractivity contribution in [3.8, 4) is 0 Å². The van der Waals surface area contributed by atoms with E-state index in [-0.39, 0.29) is 5.75 Å². The van der Waals surface area contributed by atoms with Crippen molar-refractivity contribution in [1.29, 1.82) is 0 Å². The van der Waals surface area contributed by atoms with E-state index in [9.17, 15) is 4.79 Å². The van der Waals surface area contributed by atoms with E-state index in [0.29, 0.717) is 6.54 Å². The van der Waals surface area contributed by atoms with Crippen LogP contribution in [0.15, 0.2) is 4.99 Å². The van der Waals surface area contributed by atoms with Crippen molar-refractivity contribution in [1.82, 2.24) is 0 Å². The number of aliphatic carboxylic acids is 1. The summed E-state index contributed by atoms with van der Waals surface area (Å²) >= 11 is 0. The second-order valence-electron chi connectivity index (χ2n) is 1.73. The van der Waals surface area contributed by atoms with Gasteiger partial charge in [0.15, 0.2) is 6.40 Å². The number of hydrogen-bond donors (Lipinski definition) is 1. The Morgan fingerprint density at radius 3 is 3.00 bits per heavy atom. The van der Waals surface area contributed by atoms with Gasteiger partial charge in [-0.3, -0.25) is 9.79 Å². The molecule has 0 spiro atoms. The summed E-state index contributed by atoms with van der Waals surface area (Å²) in [5, 5.41) is 8.27. The summed E-state index contributed by atoms with van der Waals surface area (Å²) in [6.45, 7) is 0.658. The van der Waals surface area contributed by atoms with Crippen LogP contribution in [0.1, 0.15) is 0 Å². The first-order valence-electron chi connectivity index (χ1n) is 3.24. The van der Waals surface area contributed by atoms with Crippen molar-refractivity contribution in [2.75, 3.05) is 18.1 Å². The van der Waals surface area contributed by atoms with Crippen LogP contribution < -0.4 is 0 Å². The Morgan fingerprint density at radius 2 is 2.42 bits per heavy atom. The average molecular weight is 207 g/mol. The van der Waals surface area contributed by atoms with Gasteiger partial charge in [-0.05, 0) is 0 Å². The lowest BCUT2D eigenvalue weighted by Crippen LogP contribution is -1.96.